The number of sulfonamides is 1. The minimum absolute atomic E-state index is 0.156. The Hall–Kier alpha value is -2.51. The van der Waals surface area contributed by atoms with Crippen molar-refractivity contribution in [3.63, 3.8) is 0 Å². The lowest BCUT2D eigenvalue weighted by Crippen LogP contribution is -2.71. The molecule has 0 aliphatic carbocycles. The number of carbonyl (C=O) groups is 4. The van der Waals surface area contributed by atoms with E-state index < -0.39 is 51.0 Å². The highest BCUT2D eigenvalue weighted by atomic mass is 32.2. The zero-order chi connectivity index (χ0) is 24.8. The van der Waals surface area contributed by atoms with Gasteiger partial charge in [0.1, 0.15) is 0 Å². The van der Waals surface area contributed by atoms with Crippen molar-refractivity contribution >= 4 is 33.8 Å². The Morgan fingerprint density at radius 3 is 1.77 bits per heavy atom. The second kappa shape index (κ2) is 10.7. The zero-order valence-electron chi connectivity index (χ0n) is 17.7. The van der Waals surface area contributed by atoms with Gasteiger partial charge in [-0.15, -0.1) is 0 Å². The summed E-state index contributed by atoms with van der Waals surface area (Å²) in [6.07, 6.45) is -3.94. The smallest absolute Gasteiger partial charge is 0.303 e. The van der Waals surface area contributed by atoms with E-state index in [0.29, 0.717) is 0 Å². The summed E-state index contributed by atoms with van der Waals surface area (Å²) >= 11 is 0. The molecule has 0 saturated heterocycles. The molecule has 12 heteroatoms. The van der Waals surface area contributed by atoms with Crippen LogP contribution in [0.25, 0.3) is 0 Å². The van der Waals surface area contributed by atoms with E-state index in [2.05, 4.69) is 4.74 Å². The second-order valence-electron chi connectivity index (χ2n) is 6.89. The quantitative estimate of drug-likeness (QED) is 0.207. The van der Waals surface area contributed by atoms with Gasteiger partial charge in [-0.05, 0) is 39.8 Å². The number of carbonyl (C=O) groups excluding carboxylic acids is 4. The highest BCUT2D eigenvalue weighted by Gasteiger charge is 2.63. The first-order chi connectivity index (χ1) is 13.9. The number of aliphatic hydroxyl groups is 3. The molecule has 0 saturated carbocycles. The van der Waals surface area contributed by atoms with Gasteiger partial charge in [0.15, 0.2) is 24.0 Å². The van der Waals surface area contributed by atoms with Gasteiger partial charge in [-0.3, -0.25) is 19.2 Å². The normalized spacial score (nSPS) is 16.9. The Morgan fingerprint density at radius 1 is 1.06 bits per heavy atom. The number of benzene rings is 1. The number of ether oxygens (including phenoxy) is 1. The second-order valence-corrected chi connectivity index (χ2v) is 8.45. The maximum absolute atomic E-state index is 11.7. The lowest BCUT2D eigenvalue weighted by atomic mass is 9.73. The zero-order valence-corrected chi connectivity index (χ0v) is 18.5. The number of primary sulfonamides is 1. The molecule has 11 nitrogen and oxygen atoms in total. The third kappa shape index (κ3) is 6.74. The molecule has 174 valence electrons. The standard InChI is InChI=1S/C12H18O8.C7H9NO2S/c1-6(14)10(20-9(4)17)12(19,8(3)16)11(18,5-13)7(2)15;1-6-2-4-7(5-3-6)11(8,9)10/h5-6,10,14,18-19H,1-4H3;2-5H,1H3,(H2,8,9,10). The first-order valence-electron chi connectivity index (χ1n) is 8.83. The number of aldehydes is 1. The fraction of sp³-hybridized carbons (Fsp3) is 0.474. The third-order valence-electron chi connectivity index (χ3n) is 4.32. The summed E-state index contributed by atoms with van der Waals surface area (Å²) in [5, 5.41) is 34.8. The molecule has 0 aromatic heterocycles. The first-order valence-corrected chi connectivity index (χ1v) is 10.4. The molecular formula is C19H27NO10S. The molecule has 0 fully saturated rings. The molecule has 0 bridgehead atoms. The van der Waals surface area contributed by atoms with Crippen LogP contribution in [-0.4, -0.2) is 71.0 Å². The summed E-state index contributed by atoms with van der Waals surface area (Å²) in [4.78, 5) is 45.3. The summed E-state index contributed by atoms with van der Waals surface area (Å²) in [6.45, 7) is 5.44. The SMILES string of the molecule is CC(=O)OC(C(C)O)C(O)(C(C)=O)C(O)(C=O)C(C)=O.Cc1ccc(S(N)(=O)=O)cc1. The fourth-order valence-corrected chi connectivity index (χ4v) is 3.08. The Labute approximate surface area is 179 Å². The van der Waals surface area contributed by atoms with Gasteiger partial charge in [0.05, 0.1) is 11.0 Å². The summed E-state index contributed by atoms with van der Waals surface area (Å²) in [5.41, 5.74) is -5.23. The Bertz CT molecular complexity index is 926. The number of esters is 1. The average Bonchev–Trinajstić information content (AvgIpc) is 2.64. The lowest BCUT2D eigenvalue weighted by molar-refractivity contribution is -0.218. The molecule has 1 aromatic carbocycles. The molecule has 0 radical (unpaired) electrons. The van der Waals surface area contributed by atoms with Crippen molar-refractivity contribution in [2.75, 3.05) is 0 Å². The van der Waals surface area contributed by atoms with Gasteiger partial charge in [-0.25, -0.2) is 13.6 Å². The number of Topliss-reactive ketones (excluding diaryl/α,β-unsaturated/α-hetero) is 2. The number of nitrogens with two attached hydrogens (primary N) is 1. The van der Waals surface area contributed by atoms with E-state index in [0.717, 1.165) is 33.3 Å². The van der Waals surface area contributed by atoms with Gasteiger partial charge in [0, 0.05) is 6.92 Å². The minimum Gasteiger partial charge on any atom is -0.456 e. The number of ketones is 2. The van der Waals surface area contributed by atoms with Gasteiger partial charge in [-0.1, -0.05) is 17.7 Å². The van der Waals surface area contributed by atoms with Crippen LogP contribution in [0.4, 0.5) is 0 Å². The predicted molar refractivity (Wildman–Crippen MR) is 107 cm³/mol. The summed E-state index contributed by atoms with van der Waals surface area (Å²) < 4.78 is 26.0. The molecule has 1 aromatic rings. The average molecular weight is 461 g/mol. The van der Waals surface area contributed by atoms with Crippen LogP contribution >= 0.6 is 0 Å². The van der Waals surface area contributed by atoms with Crippen LogP contribution in [0.3, 0.4) is 0 Å². The number of hydrogen-bond acceptors (Lipinski definition) is 10. The summed E-state index contributed by atoms with van der Waals surface area (Å²) in [6, 6.07) is 6.40. The van der Waals surface area contributed by atoms with E-state index >= 15 is 0 Å². The summed E-state index contributed by atoms with van der Waals surface area (Å²) in [7, 11) is -3.52. The van der Waals surface area contributed by atoms with Crippen LogP contribution < -0.4 is 5.14 Å². The topological polar surface area (TPSA) is 198 Å². The number of hydrogen-bond donors (Lipinski definition) is 4. The Morgan fingerprint density at radius 2 is 1.52 bits per heavy atom. The highest BCUT2D eigenvalue weighted by molar-refractivity contribution is 7.89. The van der Waals surface area contributed by atoms with Gasteiger partial charge < -0.3 is 20.1 Å². The van der Waals surface area contributed by atoms with E-state index in [1.54, 1.807) is 12.1 Å². The van der Waals surface area contributed by atoms with Crippen LogP contribution in [0.5, 0.6) is 0 Å². The van der Waals surface area contributed by atoms with Crippen LogP contribution in [-0.2, 0) is 33.9 Å². The molecular weight excluding hydrogens is 434 g/mol. The van der Waals surface area contributed by atoms with Gasteiger partial charge in [0.2, 0.25) is 21.2 Å². The van der Waals surface area contributed by atoms with E-state index in [9.17, 15) is 42.9 Å². The highest BCUT2D eigenvalue weighted by Crippen LogP contribution is 2.31. The Kier molecular flexibility index (Phi) is 9.82. The molecule has 4 atom stereocenters. The van der Waals surface area contributed by atoms with Gasteiger partial charge >= 0.3 is 5.97 Å². The van der Waals surface area contributed by atoms with Gasteiger partial charge in [0.25, 0.3) is 0 Å². The monoisotopic (exact) mass is 461 g/mol. The van der Waals surface area contributed by atoms with Crippen LogP contribution in [0, 0.1) is 6.92 Å². The van der Waals surface area contributed by atoms with Crippen molar-refractivity contribution < 1.29 is 47.7 Å². The molecule has 0 heterocycles. The van der Waals surface area contributed by atoms with E-state index in [4.69, 9.17) is 5.14 Å². The van der Waals surface area contributed by atoms with Crippen LogP contribution in [0.1, 0.15) is 33.3 Å². The van der Waals surface area contributed by atoms with E-state index in [-0.39, 0.29) is 11.2 Å². The third-order valence-corrected chi connectivity index (χ3v) is 5.25. The van der Waals surface area contributed by atoms with E-state index in [1.165, 1.54) is 12.1 Å². The van der Waals surface area contributed by atoms with Crippen molar-refractivity contribution in [3.05, 3.63) is 29.8 Å². The molecule has 5 N–H and O–H groups in total. The first kappa shape index (κ1) is 28.5. The lowest BCUT2D eigenvalue weighted by Gasteiger charge is -2.41. The fourth-order valence-electron chi connectivity index (χ4n) is 2.57. The van der Waals surface area contributed by atoms with Crippen molar-refractivity contribution in [3.8, 4) is 0 Å². The van der Waals surface area contributed by atoms with Crippen molar-refractivity contribution in [1.82, 2.24) is 0 Å². The van der Waals surface area contributed by atoms with Crippen molar-refractivity contribution in [2.45, 2.75) is 62.9 Å². The molecule has 0 aliphatic heterocycles. The van der Waals surface area contributed by atoms with Crippen molar-refractivity contribution in [1.29, 1.82) is 0 Å². The maximum Gasteiger partial charge on any atom is 0.303 e. The van der Waals surface area contributed by atoms with E-state index in [1.807, 2.05) is 6.92 Å². The van der Waals surface area contributed by atoms with Gasteiger partial charge in [-0.2, -0.15) is 0 Å². The summed E-state index contributed by atoms with van der Waals surface area (Å²) in [5.74, 6) is -3.43. The number of aliphatic hydroxyl groups excluding tert-OH is 1. The maximum atomic E-state index is 11.7. The molecule has 31 heavy (non-hydrogen) atoms. The van der Waals surface area contributed by atoms with Crippen LogP contribution in [0.2, 0.25) is 0 Å². The molecule has 1 rings (SSSR count). The predicted octanol–water partition coefficient (Wildman–Crippen LogP) is -1.22. The van der Waals surface area contributed by atoms with Crippen molar-refractivity contribution in [2.24, 2.45) is 5.14 Å². The largest absolute Gasteiger partial charge is 0.456 e. The molecule has 0 aliphatic rings. The Balaban J connectivity index is 0.000000683. The molecule has 0 amide bonds. The number of aryl methyl sites for hydroxylation is 1. The van der Waals surface area contributed by atoms with Crippen LogP contribution in [0.15, 0.2) is 29.2 Å². The molecule has 4 unspecified atom stereocenters. The number of rotatable bonds is 8. The minimum atomic E-state index is -3.52. The molecule has 0 spiro atoms.